The smallest absolute Gasteiger partial charge is 0.354 e. The van der Waals surface area contributed by atoms with Crippen molar-refractivity contribution < 1.29 is 19.8 Å². The van der Waals surface area contributed by atoms with Crippen molar-refractivity contribution in [3.05, 3.63) is 53.7 Å². The number of carbonyl (C=O) groups is 2. The van der Waals surface area contributed by atoms with Gasteiger partial charge in [-0.1, -0.05) is 24.3 Å². The summed E-state index contributed by atoms with van der Waals surface area (Å²) in [5.74, 6) is -2.42. The molecule has 3 aromatic rings. The van der Waals surface area contributed by atoms with Gasteiger partial charge in [0.2, 0.25) is 0 Å². The van der Waals surface area contributed by atoms with E-state index in [0.717, 1.165) is 16.8 Å². The number of hydrogen-bond donors (Lipinski definition) is 2. The van der Waals surface area contributed by atoms with E-state index in [1.165, 1.54) is 0 Å². The highest BCUT2D eigenvalue weighted by Crippen LogP contribution is 2.25. The second-order valence-electron chi connectivity index (χ2n) is 4.38. The van der Waals surface area contributed by atoms with Crippen LogP contribution in [0.3, 0.4) is 0 Å². The standard InChI is InChI=1S/C15H9NO4/c17-14(18)11-7-13(15(19)20)16-12-6-9-4-2-1-3-8(9)5-10(11)12/h1-7H,(H,17,18)(H,19,20). The fourth-order valence-corrected chi connectivity index (χ4v) is 2.20. The van der Waals surface area contributed by atoms with Crippen LogP contribution in [0.5, 0.6) is 0 Å². The van der Waals surface area contributed by atoms with Crippen molar-refractivity contribution in [3.63, 3.8) is 0 Å². The number of hydrogen-bond acceptors (Lipinski definition) is 3. The Balaban J connectivity index is 2.46. The lowest BCUT2D eigenvalue weighted by molar-refractivity contribution is 0.0691. The monoisotopic (exact) mass is 267 g/mol. The molecule has 0 unspecified atom stereocenters. The summed E-state index contributed by atoms with van der Waals surface area (Å²) in [4.78, 5) is 26.3. The van der Waals surface area contributed by atoms with Gasteiger partial charge in [0.15, 0.2) is 0 Å². The second-order valence-corrected chi connectivity index (χ2v) is 4.38. The summed E-state index contributed by atoms with van der Waals surface area (Å²) in [6.07, 6.45) is 0. The first kappa shape index (κ1) is 12.1. The lowest BCUT2D eigenvalue weighted by Crippen LogP contribution is -2.06. The van der Waals surface area contributed by atoms with Gasteiger partial charge in [-0.2, -0.15) is 0 Å². The Bertz CT molecular complexity index is 870. The first-order valence-corrected chi connectivity index (χ1v) is 5.86. The molecule has 0 bridgehead atoms. The number of pyridine rings is 1. The Morgan fingerprint density at radius 2 is 1.55 bits per heavy atom. The molecule has 0 saturated heterocycles. The van der Waals surface area contributed by atoms with Crippen LogP contribution in [-0.4, -0.2) is 27.1 Å². The first-order valence-electron chi connectivity index (χ1n) is 5.86. The van der Waals surface area contributed by atoms with Crippen LogP contribution >= 0.6 is 0 Å². The van der Waals surface area contributed by atoms with E-state index >= 15 is 0 Å². The van der Waals surface area contributed by atoms with Gasteiger partial charge >= 0.3 is 11.9 Å². The van der Waals surface area contributed by atoms with Crippen molar-refractivity contribution in [2.75, 3.05) is 0 Å². The van der Waals surface area contributed by atoms with E-state index < -0.39 is 11.9 Å². The van der Waals surface area contributed by atoms with E-state index in [1.807, 2.05) is 24.3 Å². The number of carboxylic acids is 2. The number of fused-ring (bicyclic) bond motifs is 2. The maximum absolute atomic E-state index is 11.3. The topological polar surface area (TPSA) is 87.5 Å². The van der Waals surface area contributed by atoms with Crippen LogP contribution in [0.1, 0.15) is 20.8 Å². The molecule has 2 N–H and O–H groups in total. The number of nitrogens with zero attached hydrogens (tertiary/aromatic N) is 1. The summed E-state index contributed by atoms with van der Waals surface area (Å²) >= 11 is 0. The van der Waals surface area contributed by atoms with Crippen LogP contribution in [0.4, 0.5) is 0 Å². The lowest BCUT2D eigenvalue weighted by atomic mass is 10.0. The summed E-state index contributed by atoms with van der Waals surface area (Å²) in [7, 11) is 0. The Morgan fingerprint density at radius 1 is 0.900 bits per heavy atom. The molecule has 0 radical (unpaired) electrons. The maximum Gasteiger partial charge on any atom is 0.354 e. The zero-order valence-electron chi connectivity index (χ0n) is 10.2. The molecule has 0 saturated carbocycles. The average Bonchev–Trinajstić information content (AvgIpc) is 2.43. The summed E-state index contributed by atoms with van der Waals surface area (Å²) in [6.45, 7) is 0. The van der Waals surface area contributed by atoms with Gasteiger partial charge < -0.3 is 10.2 Å². The predicted octanol–water partition coefficient (Wildman–Crippen LogP) is 2.78. The summed E-state index contributed by atoms with van der Waals surface area (Å²) in [5.41, 5.74) is 0.0318. The molecule has 2 aromatic carbocycles. The van der Waals surface area contributed by atoms with Crippen LogP contribution in [-0.2, 0) is 0 Å². The van der Waals surface area contributed by atoms with Gasteiger partial charge in [-0.05, 0) is 29.0 Å². The van der Waals surface area contributed by atoms with Crippen LogP contribution < -0.4 is 0 Å². The molecule has 0 aliphatic heterocycles. The first-order chi connectivity index (χ1) is 9.56. The molecule has 0 atom stereocenters. The molecular formula is C15H9NO4. The van der Waals surface area contributed by atoms with E-state index in [-0.39, 0.29) is 11.3 Å². The number of aromatic carboxylic acids is 2. The quantitative estimate of drug-likeness (QED) is 0.697. The van der Waals surface area contributed by atoms with E-state index in [0.29, 0.717) is 10.9 Å². The maximum atomic E-state index is 11.3. The molecule has 0 aliphatic rings. The SMILES string of the molecule is O=C(O)c1cc(C(=O)O)c2cc3ccccc3cc2n1. The molecule has 20 heavy (non-hydrogen) atoms. The van der Waals surface area contributed by atoms with Gasteiger partial charge in [-0.25, -0.2) is 14.6 Å². The van der Waals surface area contributed by atoms with Gasteiger partial charge in [0.25, 0.3) is 0 Å². The van der Waals surface area contributed by atoms with Gasteiger partial charge in [0, 0.05) is 5.39 Å². The van der Waals surface area contributed by atoms with Crippen molar-refractivity contribution in [1.82, 2.24) is 4.98 Å². The van der Waals surface area contributed by atoms with Gasteiger partial charge in [-0.3, -0.25) is 0 Å². The molecule has 5 nitrogen and oxygen atoms in total. The normalized spacial score (nSPS) is 10.8. The lowest BCUT2D eigenvalue weighted by Gasteiger charge is -2.06. The third kappa shape index (κ3) is 1.85. The minimum absolute atomic E-state index is 0.0573. The Morgan fingerprint density at radius 3 is 2.15 bits per heavy atom. The van der Waals surface area contributed by atoms with Crippen molar-refractivity contribution in [2.45, 2.75) is 0 Å². The van der Waals surface area contributed by atoms with Gasteiger partial charge in [0.05, 0.1) is 11.1 Å². The zero-order chi connectivity index (χ0) is 14.3. The molecule has 3 rings (SSSR count). The third-order valence-corrected chi connectivity index (χ3v) is 3.13. The fraction of sp³-hybridized carbons (Fsp3) is 0. The Labute approximate surface area is 113 Å². The van der Waals surface area contributed by atoms with Crippen LogP contribution in [0, 0.1) is 0 Å². The van der Waals surface area contributed by atoms with Gasteiger partial charge in [-0.15, -0.1) is 0 Å². The molecular weight excluding hydrogens is 258 g/mol. The zero-order valence-corrected chi connectivity index (χ0v) is 10.2. The number of rotatable bonds is 2. The Hall–Kier alpha value is -2.95. The van der Waals surface area contributed by atoms with Crippen LogP contribution in [0.15, 0.2) is 42.5 Å². The van der Waals surface area contributed by atoms with Crippen molar-refractivity contribution in [3.8, 4) is 0 Å². The minimum Gasteiger partial charge on any atom is -0.478 e. The highest BCUT2D eigenvalue weighted by molar-refractivity contribution is 6.08. The predicted molar refractivity (Wildman–Crippen MR) is 73.2 cm³/mol. The van der Waals surface area contributed by atoms with Crippen LogP contribution in [0.2, 0.25) is 0 Å². The van der Waals surface area contributed by atoms with Crippen molar-refractivity contribution in [1.29, 1.82) is 0 Å². The minimum atomic E-state index is -1.25. The van der Waals surface area contributed by atoms with E-state index in [4.69, 9.17) is 5.11 Å². The molecule has 0 aliphatic carbocycles. The van der Waals surface area contributed by atoms with E-state index in [9.17, 15) is 14.7 Å². The van der Waals surface area contributed by atoms with Crippen LogP contribution in [0.25, 0.3) is 21.7 Å². The molecule has 1 aromatic heterocycles. The third-order valence-electron chi connectivity index (χ3n) is 3.13. The number of aromatic nitrogens is 1. The van der Waals surface area contributed by atoms with E-state index in [1.54, 1.807) is 12.1 Å². The average molecular weight is 267 g/mol. The molecule has 0 spiro atoms. The molecule has 1 heterocycles. The van der Waals surface area contributed by atoms with Gasteiger partial charge in [0.1, 0.15) is 5.69 Å². The molecule has 5 heteroatoms. The second kappa shape index (κ2) is 4.31. The van der Waals surface area contributed by atoms with Crippen molar-refractivity contribution in [2.24, 2.45) is 0 Å². The highest BCUT2D eigenvalue weighted by Gasteiger charge is 2.15. The summed E-state index contributed by atoms with van der Waals surface area (Å²) < 4.78 is 0. The number of benzene rings is 2. The molecule has 0 amide bonds. The fourth-order valence-electron chi connectivity index (χ4n) is 2.20. The Kier molecular flexibility index (Phi) is 2.61. The number of carboxylic acid groups (broad SMARTS) is 2. The van der Waals surface area contributed by atoms with E-state index in [2.05, 4.69) is 4.98 Å². The van der Waals surface area contributed by atoms with Crippen molar-refractivity contribution >= 4 is 33.6 Å². The highest BCUT2D eigenvalue weighted by atomic mass is 16.4. The summed E-state index contributed by atoms with van der Waals surface area (Å²) in [6, 6.07) is 11.9. The molecule has 0 fully saturated rings. The molecule has 98 valence electrons. The largest absolute Gasteiger partial charge is 0.478 e. The summed E-state index contributed by atoms with van der Waals surface area (Å²) in [5, 5.41) is 20.4.